The summed E-state index contributed by atoms with van der Waals surface area (Å²) in [7, 11) is 1.56. The molecule has 0 saturated heterocycles. The highest BCUT2D eigenvalue weighted by Crippen LogP contribution is 2.22. The number of hydrogen-bond acceptors (Lipinski definition) is 3. The van der Waals surface area contributed by atoms with E-state index in [0.717, 1.165) is 5.56 Å². The molecule has 0 aliphatic heterocycles. The number of anilines is 1. The molecule has 0 atom stereocenters. The summed E-state index contributed by atoms with van der Waals surface area (Å²) in [5.74, 6) is 0.665. The Bertz CT molecular complexity index is 339. The van der Waals surface area contributed by atoms with Gasteiger partial charge in [-0.2, -0.15) is 5.26 Å². The van der Waals surface area contributed by atoms with Gasteiger partial charge in [-0.3, -0.25) is 0 Å². The standard InChI is InChI=1S/C9H10N2O/c1-6-3-8(12-2)4-7(5-10)9(6)11/h3-4H,11H2,1-2H3. The molecule has 1 aromatic rings. The Labute approximate surface area is 71.4 Å². The molecule has 0 fully saturated rings. The summed E-state index contributed by atoms with van der Waals surface area (Å²) in [5, 5.41) is 8.68. The van der Waals surface area contributed by atoms with E-state index in [4.69, 9.17) is 15.7 Å². The molecule has 0 spiro atoms. The van der Waals surface area contributed by atoms with Crippen molar-refractivity contribution in [3.05, 3.63) is 23.3 Å². The van der Waals surface area contributed by atoms with Crippen molar-refractivity contribution >= 4 is 5.69 Å². The zero-order valence-corrected chi connectivity index (χ0v) is 7.09. The molecule has 0 aromatic heterocycles. The number of nitriles is 1. The molecule has 2 N–H and O–H groups in total. The zero-order chi connectivity index (χ0) is 9.14. The van der Waals surface area contributed by atoms with Crippen LogP contribution in [0.4, 0.5) is 5.69 Å². The van der Waals surface area contributed by atoms with Crippen molar-refractivity contribution in [2.24, 2.45) is 0 Å². The molecule has 12 heavy (non-hydrogen) atoms. The van der Waals surface area contributed by atoms with Crippen LogP contribution in [0.15, 0.2) is 12.1 Å². The fourth-order valence-electron chi connectivity index (χ4n) is 0.976. The fourth-order valence-corrected chi connectivity index (χ4v) is 0.976. The Morgan fingerprint density at radius 1 is 1.50 bits per heavy atom. The van der Waals surface area contributed by atoms with E-state index in [-0.39, 0.29) is 0 Å². The number of methoxy groups -OCH3 is 1. The summed E-state index contributed by atoms with van der Waals surface area (Å²) < 4.78 is 4.99. The number of hydrogen-bond donors (Lipinski definition) is 1. The summed E-state index contributed by atoms with van der Waals surface area (Å²) in [4.78, 5) is 0. The average molecular weight is 162 g/mol. The van der Waals surface area contributed by atoms with Gasteiger partial charge < -0.3 is 10.5 Å². The molecular weight excluding hydrogens is 152 g/mol. The minimum absolute atomic E-state index is 0.465. The number of benzene rings is 1. The highest BCUT2D eigenvalue weighted by molar-refractivity contribution is 5.61. The minimum Gasteiger partial charge on any atom is -0.497 e. The second kappa shape index (κ2) is 3.14. The van der Waals surface area contributed by atoms with Crippen molar-refractivity contribution in [3.63, 3.8) is 0 Å². The summed E-state index contributed by atoms with van der Waals surface area (Å²) >= 11 is 0. The summed E-state index contributed by atoms with van der Waals surface area (Å²) in [6.07, 6.45) is 0. The van der Waals surface area contributed by atoms with Gasteiger partial charge in [0.2, 0.25) is 0 Å². The predicted octanol–water partition coefficient (Wildman–Crippen LogP) is 1.46. The van der Waals surface area contributed by atoms with Crippen LogP contribution in [0.3, 0.4) is 0 Å². The van der Waals surface area contributed by atoms with Crippen molar-refractivity contribution in [1.29, 1.82) is 5.26 Å². The van der Waals surface area contributed by atoms with Crippen LogP contribution in [0.5, 0.6) is 5.75 Å². The maximum atomic E-state index is 8.68. The van der Waals surface area contributed by atoms with Gasteiger partial charge in [0.15, 0.2) is 0 Å². The second-order valence-corrected chi connectivity index (χ2v) is 2.52. The number of ether oxygens (including phenoxy) is 1. The Balaban J connectivity index is 3.31. The van der Waals surface area contributed by atoms with Gasteiger partial charge in [0.05, 0.1) is 18.4 Å². The second-order valence-electron chi connectivity index (χ2n) is 2.52. The minimum atomic E-state index is 0.465. The Morgan fingerprint density at radius 3 is 2.67 bits per heavy atom. The lowest BCUT2D eigenvalue weighted by molar-refractivity contribution is 0.414. The first-order valence-electron chi connectivity index (χ1n) is 3.53. The van der Waals surface area contributed by atoms with Crippen molar-refractivity contribution in [2.45, 2.75) is 6.92 Å². The lowest BCUT2D eigenvalue weighted by atomic mass is 10.1. The average Bonchev–Trinajstić information content (AvgIpc) is 2.09. The third kappa shape index (κ3) is 1.32. The van der Waals surface area contributed by atoms with E-state index in [1.165, 1.54) is 0 Å². The van der Waals surface area contributed by atoms with Crippen LogP contribution in [0.2, 0.25) is 0 Å². The van der Waals surface area contributed by atoms with Gasteiger partial charge in [-0.15, -0.1) is 0 Å². The summed E-state index contributed by atoms with van der Waals surface area (Å²) in [6, 6.07) is 5.43. The third-order valence-electron chi connectivity index (χ3n) is 1.72. The third-order valence-corrected chi connectivity index (χ3v) is 1.72. The van der Waals surface area contributed by atoms with E-state index in [1.807, 2.05) is 13.0 Å². The molecule has 0 amide bonds. The SMILES string of the molecule is COc1cc(C)c(N)c(C#N)c1. The van der Waals surface area contributed by atoms with Crippen molar-refractivity contribution in [3.8, 4) is 11.8 Å². The van der Waals surface area contributed by atoms with E-state index < -0.39 is 0 Å². The first-order chi connectivity index (χ1) is 5.69. The molecule has 0 bridgehead atoms. The number of nitrogens with zero attached hydrogens (tertiary/aromatic N) is 1. The van der Waals surface area contributed by atoms with Crippen molar-refractivity contribution < 1.29 is 4.74 Å². The van der Waals surface area contributed by atoms with Gasteiger partial charge in [-0.25, -0.2) is 0 Å². The largest absolute Gasteiger partial charge is 0.497 e. The van der Waals surface area contributed by atoms with Gasteiger partial charge in [0, 0.05) is 0 Å². The van der Waals surface area contributed by atoms with Gasteiger partial charge in [0.25, 0.3) is 0 Å². The Hall–Kier alpha value is -1.69. The molecule has 3 nitrogen and oxygen atoms in total. The molecule has 0 aliphatic carbocycles. The number of nitrogens with two attached hydrogens (primary N) is 1. The zero-order valence-electron chi connectivity index (χ0n) is 7.09. The topological polar surface area (TPSA) is 59.0 Å². The van der Waals surface area contributed by atoms with Crippen LogP contribution in [0.25, 0.3) is 0 Å². The molecule has 1 rings (SSSR count). The molecule has 1 aromatic carbocycles. The quantitative estimate of drug-likeness (QED) is 0.636. The molecule has 0 radical (unpaired) electrons. The molecule has 0 aliphatic rings. The molecule has 0 heterocycles. The van der Waals surface area contributed by atoms with Crippen LogP contribution in [0, 0.1) is 18.3 Å². The van der Waals surface area contributed by atoms with E-state index in [0.29, 0.717) is 17.0 Å². The maximum Gasteiger partial charge on any atom is 0.120 e. The fraction of sp³-hybridized carbons (Fsp3) is 0.222. The lowest BCUT2D eigenvalue weighted by Gasteiger charge is -2.05. The monoisotopic (exact) mass is 162 g/mol. The van der Waals surface area contributed by atoms with Gasteiger partial charge in [-0.1, -0.05) is 0 Å². The molecule has 0 saturated carbocycles. The van der Waals surface area contributed by atoms with E-state index >= 15 is 0 Å². The highest BCUT2D eigenvalue weighted by atomic mass is 16.5. The number of aryl methyl sites for hydroxylation is 1. The van der Waals surface area contributed by atoms with Gasteiger partial charge in [-0.05, 0) is 24.6 Å². The van der Waals surface area contributed by atoms with Crippen molar-refractivity contribution in [1.82, 2.24) is 0 Å². The summed E-state index contributed by atoms with van der Waals surface area (Å²) in [5.41, 5.74) is 7.50. The first-order valence-corrected chi connectivity index (χ1v) is 3.53. The lowest BCUT2D eigenvalue weighted by Crippen LogP contribution is -1.95. The number of nitrogen functional groups attached to an aromatic ring is 1. The van der Waals surface area contributed by atoms with Crippen LogP contribution in [0.1, 0.15) is 11.1 Å². The molecule has 3 heteroatoms. The van der Waals surface area contributed by atoms with E-state index in [9.17, 15) is 0 Å². The molecule has 62 valence electrons. The van der Waals surface area contributed by atoms with Gasteiger partial charge in [0.1, 0.15) is 11.8 Å². The van der Waals surface area contributed by atoms with Crippen molar-refractivity contribution in [2.75, 3.05) is 12.8 Å². The molecule has 0 unspecified atom stereocenters. The Kier molecular flexibility index (Phi) is 2.20. The van der Waals surface area contributed by atoms with E-state index in [2.05, 4.69) is 0 Å². The first kappa shape index (κ1) is 8.41. The normalized spacial score (nSPS) is 9.08. The molecular formula is C9H10N2O. The van der Waals surface area contributed by atoms with Crippen LogP contribution >= 0.6 is 0 Å². The smallest absolute Gasteiger partial charge is 0.120 e. The highest BCUT2D eigenvalue weighted by Gasteiger charge is 2.03. The predicted molar refractivity (Wildman–Crippen MR) is 46.9 cm³/mol. The van der Waals surface area contributed by atoms with Crippen LogP contribution in [-0.2, 0) is 0 Å². The van der Waals surface area contributed by atoms with Crippen LogP contribution in [-0.4, -0.2) is 7.11 Å². The van der Waals surface area contributed by atoms with Crippen LogP contribution < -0.4 is 10.5 Å². The number of rotatable bonds is 1. The van der Waals surface area contributed by atoms with Gasteiger partial charge >= 0.3 is 0 Å². The van der Waals surface area contributed by atoms with E-state index in [1.54, 1.807) is 19.2 Å². The summed E-state index contributed by atoms with van der Waals surface area (Å²) in [6.45, 7) is 1.85. The maximum absolute atomic E-state index is 8.68. The Morgan fingerprint density at radius 2 is 2.17 bits per heavy atom.